The van der Waals surface area contributed by atoms with Gasteiger partial charge in [-0.05, 0) is 36.3 Å². The predicted octanol–water partition coefficient (Wildman–Crippen LogP) is 3.40. The van der Waals surface area contributed by atoms with Gasteiger partial charge in [0.1, 0.15) is 6.04 Å². The molecule has 0 saturated heterocycles. The molecule has 0 fully saturated rings. The number of hydrogen-bond donors (Lipinski definition) is 3. The van der Waals surface area contributed by atoms with Gasteiger partial charge < -0.3 is 10.5 Å². The summed E-state index contributed by atoms with van der Waals surface area (Å²) in [5.74, 6) is 5.75. The van der Waals surface area contributed by atoms with Crippen LogP contribution < -0.4 is 11.6 Å². The van der Waals surface area contributed by atoms with E-state index >= 15 is 0 Å². The lowest BCUT2D eigenvalue weighted by Crippen LogP contribution is -2.51. The van der Waals surface area contributed by atoms with E-state index < -0.39 is 17.9 Å². The molecule has 4 N–H and O–H groups in total. The summed E-state index contributed by atoms with van der Waals surface area (Å²) in [5.41, 5.74) is 8.10. The van der Waals surface area contributed by atoms with Crippen molar-refractivity contribution in [1.29, 1.82) is 0 Å². The number of amides is 1. The fraction of sp³-hybridized carbons (Fsp3) is 0.364. The minimum atomic E-state index is -0.920. The number of ether oxygens (including phenoxy) is 1. The molecule has 2 aromatic carbocycles. The van der Waals surface area contributed by atoms with Gasteiger partial charge in [0, 0.05) is 22.6 Å². The molecule has 31 heavy (non-hydrogen) atoms. The van der Waals surface area contributed by atoms with Crippen molar-refractivity contribution in [2.75, 3.05) is 19.1 Å². The van der Waals surface area contributed by atoms with Gasteiger partial charge in [0.2, 0.25) is 0 Å². The molecule has 0 aliphatic heterocycles. The number of carbonyl (C=O) groups excluding carboxylic acids is 2. The molecule has 0 bridgehead atoms. The fourth-order valence-electron chi connectivity index (χ4n) is 3.23. The highest BCUT2D eigenvalue weighted by atomic mass is 35.5. The first kappa shape index (κ1) is 27.3. The van der Waals surface area contributed by atoms with Gasteiger partial charge >= 0.3 is 5.97 Å². The van der Waals surface area contributed by atoms with Gasteiger partial charge in [-0.2, -0.15) is 24.4 Å². The van der Waals surface area contributed by atoms with E-state index in [9.17, 15) is 9.59 Å². The SMILES string of the molecule is COC(=O)[C@H](CC(C[C@@H](N)CS)SC)N(N)C(=O)c1ccccc1-c1ccccc1.Cl. The molecule has 170 valence electrons. The molecule has 6 nitrogen and oxygen atoms in total. The molecule has 0 aliphatic carbocycles. The van der Waals surface area contributed by atoms with Gasteiger partial charge in [0.25, 0.3) is 5.91 Å². The Hall–Kier alpha value is -1.71. The van der Waals surface area contributed by atoms with Crippen molar-refractivity contribution in [3.8, 4) is 11.1 Å². The van der Waals surface area contributed by atoms with Crippen LogP contribution in [0.1, 0.15) is 23.2 Å². The highest BCUT2D eigenvalue weighted by Gasteiger charge is 2.33. The Morgan fingerprint density at radius 2 is 1.71 bits per heavy atom. The van der Waals surface area contributed by atoms with Crippen molar-refractivity contribution < 1.29 is 14.3 Å². The number of hydrazine groups is 1. The number of nitrogens with zero attached hydrogens (tertiary/aromatic N) is 1. The quantitative estimate of drug-likeness (QED) is 0.157. The van der Waals surface area contributed by atoms with E-state index in [0.29, 0.717) is 24.2 Å². The summed E-state index contributed by atoms with van der Waals surface area (Å²) in [4.78, 5) is 25.8. The Kier molecular flexibility index (Phi) is 12.0. The molecule has 2 rings (SSSR count). The average molecular weight is 484 g/mol. The van der Waals surface area contributed by atoms with Crippen LogP contribution in [0.25, 0.3) is 11.1 Å². The van der Waals surface area contributed by atoms with Gasteiger partial charge in [-0.15, -0.1) is 12.4 Å². The average Bonchev–Trinajstić information content (AvgIpc) is 2.80. The first-order valence-corrected chi connectivity index (χ1v) is 11.5. The monoisotopic (exact) mass is 483 g/mol. The number of esters is 1. The van der Waals surface area contributed by atoms with Crippen molar-refractivity contribution in [3.63, 3.8) is 0 Å². The molecule has 0 aromatic heterocycles. The molecule has 1 amide bonds. The first-order chi connectivity index (χ1) is 14.4. The molecule has 1 unspecified atom stereocenters. The van der Waals surface area contributed by atoms with Crippen LogP contribution in [-0.4, -0.2) is 53.3 Å². The number of thiol groups is 1. The Morgan fingerprint density at radius 3 is 2.29 bits per heavy atom. The molecule has 0 heterocycles. The van der Waals surface area contributed by atoms with Crippen LogP contribution in [-0.2, 0) is 9.53 Å². The zero-order chi connectivity index (χ0) is 22.1. The topological polar surface area (TPSA) is 98.7 Å². The van der Waals surface area contributed by atoms with Crippen molar-refractivity contribution in [2.45, 2.75) is 30.2 Å². The van der Waals surface area contributed by atoms with Gasteiger partial charge in [0.05, 0.1) is 7.11 Å². The highest BCUT2D eigenvalue weighted by molar-refractivity contribution is 7.99. The largest absolute Gasteiger partial charge is 0.467 e. The Morgan fingerprint density at radius 1 is 1.10 bits per heavy atom. The summed E-state index contributed by atoms with van der Waals surface area (Å²) >= 11 is 5.81. The number of methoxy groups -OCH3 is 1. The van der Waals surface area contributed by atoms with Crippen molar-refractivity contribution in [1.82, 2.24) is 5.01 Å². The molecular formula is C22H30ClN3O3S2. The maximum atomic E-state index is 13.3. The third-order valence-corrected chi connectivity index (χ3v) is 6.43. The maximum Gasteiger partial charge on any atom is 0.330 e. The first-order valence-electron chi connectivity index (χ1n) is 9.62. The van der Waals surface area contributed by atoms with Gasteiger partial charge in [-0.3, -0.25) is 9.80 Å². The van der Waals surface area contributed by atoms with Crippen molar-refractivity contribution >= 4 is 48.7 Å². The lowest BCUT2D eigenvalue weighted by molar-refractivity contribution is -0.146. The molecule has 0 radical (unpaired) electrons. The van der Waals surface area contributed by atoms with Crippen molar-refractivity contribution in [3.05, 3.63) is 60.2 Å². The summed E-state index contributed by atoms with van der Waals surface area (Å²) in [5, 5.41) is 1.02. The van der Waals surface area contributed by atoms with E-state index in [-0.39, 0.29) is 23.7 Å². The zero-order valence-electron chi connectivity index (χ0n) is 17.6. The maximum absolute atomic E-state index is 13.3. The molecule has 2 aromatic rings. The van der Waals surface area contributed by atoms with E-state index in [1.165, 1.54) is 7.11 Å². The molecular weight excluding hydrogens is 454 g/mol. The standard InChI is InChI=1S/C22H29N3O3S2.ClH/c1-28-22(27)20(13-17(30-2)12-16(23)14-29)25(24)21(26)19-11-7-6-10-18(19)15-8-4-3-5-9-15;/h3-11,16-17,20,29H,12-14,23-24H2,1-2H3;1H/t16-,17?,20+;/m1./s1. The Bertz CT molecular complexity index is 842. The minimum Gasteiger partial charge on any atom is -0.467 e. The third kappa shape index (κ3) is 7.43. The van der Waals surface area contributed by atoms with Crippen LogP contribution in [0.15, 0.2) is 54.6 Å². The van der Waals surface area contributed by atoms with Crippen LogP contribution in [0.4, 0.5) is 0 Å². The summed E-state index contributed by atoms with van der Waals surface area (Å²) in [6.07, 6.45) is 2.93. The third-order valence-electron chi connectivity index (χ3n) is 4.91. The summed E-state index contributed by atoms with van der Waals surface area (Å²) in [6.45, 7) is 0. The summed E-state index contributed by atoms with van der Waals surface area (Å²) in [6, 6.07) is 15.7. The summed E-state index contributed by atoms with van der Waals surface area (Å²) in [7, 11) is 1.29. The van der Waals surface area contributed by atoms with Crippen LogP contribution >= 0.6 is 36.8 Å². The number of halogens is 1. The fourth-order valence-corrected chi connectivity index (χ4v) is 4.19. The number of benzene rings is 2. The number of thioether (sulfide) groups is 1. The van der Waals surface area contributed by atoms with E-state index in [4.69, 9.17) is 16.3 Å². The number of nitrogens with two attached hydrogens (primary N) is 2. The van der Waals surface area contributed by atoms with Crippen LogP contribution in [0.3, 0.4) is 0 Å². The van der Waals surface area contributed by atoms with Crippen LogP contribution in [0.2, 0.25) is 0 Å². The Balaban J connectivity index is 0.00000480. The molecule has 0 spiro atoms. The van der Waals surface area contributed by atoms with E-state index in [0.717, 1.165) is 16.1 Å². The Labute approximate surface area is 199 Å². The minimum absolute atomic E-state index is 0. The second kappa shape index (κ2) is 13.6. The second-order valence-corrected chi connectivity index (χ2v) is 8.44. The van der Waals surface area contributed by atoms with Gasteiger partial charge in [-0.25, -0.2) is 10.6 Å². The van der Waals surface area contributed by atoms with E-state index in [2.05, 4.69) is 12.6 Å². The lowest BCUT2D eigenvalue weighted by Gasteiger charge is -2.29. The van der Waals surface area contributed by atoms with Gasteiger partial charge in [-0.1, -0.05) is 48.5 Å². The van der Waals surface area contributed by atoms with E-state index in [1.54, 1.807) is 23.9 Å². The summed E-state index contributed by atoms with van der Waals surface area (Å²) < 4.78 is 4.94. The normalized spacial score (nSPS) is 13.5. The lowest BCUT2D eigenvalue weighted by atomic mass is 9.98. The molecule has 0 aliphatic rings. The predicted molar refractivity (Wildman–Crippen MR) is 134 cm³/mol. The second-order valence-electron chi connectivity index (χ2n) is 6.93. The smallest absolute Gasteiger partial charge is 0.330 e. The van der Waals surface area contributed by atoms with Crippen LogP contribution in [0.5, 0.6) is 0 Å². The molecule has 3 atom stereocenters. The number of hydrogen-bond acceptors (Lipinski definition) is 7. The highest BCUT2D eigenvalue weighted by Crippen LogP contribution is 2.26. The van der Waals surface area contributed by atoms with Gasteiger partial charge in [0.15, 0.2) is 0 Å². The van der Waals surface area contributed by atoms with Crippen molar-refractivity contribution in [2.24, 2.45) is 11.6 Å². The van der Waals surface area contributed by atoms with Crippen LogP contribution in [0, 0.1) is 0 Å². The number of carbonyl (C=O) groups is 2. The molecule has 0 saturated carbocycles. The van der Waals surface area contributed by atoms with E-state index in [1.807, 2.05) is 48.7 Å². The zero-order valence-corrected chi connectivity index (χ0v) is 20.2. The number of rotatable bonds is 10. The molecule has 9 heteroatoms.